The smallest absolute Gasteiger partial charge is 0.310 e. The van der Waals surface area contributed by atoms with E-state index in [1.54, 1.807) is 13.0 Å². The second-order valence-electron chi connectivity index (χ2n) is 3.18. The SMILES string of the molecule is CCC(C(=O)O)c1cc(F)cc(C#N)c1. The first-order valence-electron chi connectivity index (χ1n) is 4.52. The topological polar surface area (TPSA) is 61.1 Å². The summed E-state index contributed by atoms with van der Waals surface area (Å²) >= 11 is 0. The average molecular weight is 207 g/mol. The van der Waals surface area contributed by atoms with E-state index in [4.69, 9.17) is 10.4 Å². The minimum atomic E-state index is -1.01. The fraction of sp³-hybridized carbons (Fsp3) is 0.273. The highest BCUT2D eigenvalue weighted by atomic mass is 19.1. The van der Waals surface area contributed by atoms with Gasteiger partial charge in [0.05, 0.1) is 17.6 Å². The van der Waals surface area contributed by atoms with E-state index in [-0.39, 0.29) is 5.56 Å². The van der Waals surface area contributed by atoms with Gasteiger partial charge in [-0.3, -0.25) is 4.79 Å². The van der Waals surface area contributed by atoms with Crippen LogP contribution in [-0.4, -0.2) is 11.1 Å². The molecule has 78 valence electrons. The summed E-state index contributed by atoms with van der Waals surface area (Å²) < 4.78 is 13.0. The Bertz CT molecular complexity index is 423. The molecule has 0 radical (unpaired) electrons. The number of nitrogens with zero attached hydrogens (tertiary/aromatic N) is 1. The lowest BCUT2D eigenvalue weighted by atomic mass is 9.95. The highest BCUT2D eigenvalue weighted by Crippen LogP contribution is 2.21. The predicted molar refractivity (Wildman–Crippen MR) is 51.8 cm³/mol. The zero-order valence-corrected chi connectivity index (χ0v) is 8.20. The van der Waals surface area contributed by atoms with Gasteiger partial charge in [-0.05, 0) is 30.2 Å². The quantitative estimate of drug-likeness (QED) is 0.827. The Morgan fingerprint density at radius 2 is 2.27 bits per heavy atom. The van der Waals surface area contributed by atoms with Crippen LogP contribution >= 0.6 is 0 Å². The molecule has 0 spiro atoms. The summed E-state index contributed by atoms with van der Waals surface area (Å²) in [5.41, 5.74) is 0.478. The van der Waals surface area contributed by atoms with Crippen molar-refractivity contribution in [3.8, 4) is 6.07 Å². The average Bonchev–Trinajstić information content (AvgIpc) is 2.17. The van der Waals surface area contributed by atoms with Crippen LogP contribution in [0, 0.1) is 17.1 Å². The summed E-state index contributed by atoms with van der Waals surface area (Å²) in [6.45, 7) is 1.70. The van der Waals surface area contributed by atoms with Crippen molar-refractivity contribution in [3.05, 3.63) is 35.1 Å². The molecule has 0 saturated heterocycles. The second kappa shape index (κ2) is 4.56. The van der Waals surface area contributed by atoms with Crippen LogP contribution in [0.5, 0.6) is 0 Å². The van der Waals surface area contributed by atoms with Crippen molar-refractivity contribution in [2.24, 2.45) is 0 Å². The molecule has 4 heteroatoms. The van der Waals surface area contributed by atoms with Gasteiger partial charge < -0.3 is 5.11 Å². The summed E-state index contributed by atoms with van der Waals surface area (Å²) in [5, 5.41) is 17.5. The lowest BCUT2D eigenvalue weighted by Gasteiger charge is -2.10. The van der Waals surface area contributed by atoms with E-state index in [9.17, 15) is 9.18 Å². The molecule has 0 aromatic heterocycles. The summed E-state index contributed by atoms with van der Waals surface area (Å²) in [6, 6.07) is 5.44. The molecule has 0 bridgehead atoms. The molecule has 0 fully saturated rings. The Kier molecular flexibility index (Phi) is 3.40. The van der Waals surface area contributed by atoms with E-state index >= 15 is 0 Å². The monoisotopic (exact) mass is 207 g/mol. The number of carbonyl (C=O) groups is 1. The number of rotatable bonds is 3. The molecule has 15 heavy (non-hydrogen) atoms. The standard InChI is InChI=1S/C11H10FNO2/c1-2-10(11(14)15)8-3-7(6-13)4-9(12)5-8/h3-5,10H,2H2,1H3,(H,14,15). The van der Waals surface area contributed by atoms with Gasteiger partial charge in [-0.1, -0.05) is 6.92 Å². The normalized spacial score (nSPS) is 11.8. The van der Waals surface area contributed by atoms with Crippen LogP contribution in [-0.2, 0) is 4.79 Å². The van der Waals surface area contributed by atoms with Gasteiger partial charge in [-0.2, -0.15) is 5.26 Å². The fourth-order valence-corrected chi connectivity index (χ4v) is 1.43. The molecule has 0 amide bonds. The van der Waals surface area contributed by atoms with Gasteiger partial charge in [-0.15, -0.1) is 0 Å². The molecule has 0 aliphatic carbocycles. The fourth-order valence-electron chi connectivity index (χ4n) is 1.43. The first-order valence-corrected chi connectivity index (χ1v) is 4.52. The molecule has 0 aliphatic rings. The third-order valence-corrected chi connectivity index (χ3v) is 2.16. The van der Waals surface area contributed by atoms with E-state index in [2.05, 4.69) is 0 Å². The van der Waals surface area contributed by atoms with Crippen molar-refractivity contribution < 1.29 is 14.3 Å². The first-order chi connectivity index (χ1) is 7.08. The molecule has 1 atom stereocenters. The zero-order chi connectivity index (χ0) is 11.4. The van der Waals surface area contributed by atoms with E-state index in [1.807, 2.05) is 0 Å². The van der Waals surface area contributed by atoms with Crippen LogP contribution in [0.3, 0.4) is 0 Å². The van der Waals surface area contributed by atoms with E-state index in [0.717, 1.165) is 12.1 Å². The minimum absolute atomic E-state index is 0.143. The van der Waals surface area contributed by atoms with Crippen molar-refractivity contribution in [2.75, 3.05) is 0 Å². The van der Waals surface area contributed by atoms with Crippen LogP contribution in [0.1, 0.15) is 30.4 Å². The molecule has 0 aliphatic heterocycles. The van der Waals surface area contributed by atoms with Gasteiger partial charge in [0.25, 0.3) is 0 Å². The molecular formula is C11H10FNO2. The number of aliphatic carboxylic acids is 1. The van der Waals surface area contributed by atoms with Crippen molar-refractivity contribution in [1.82, 2.24) is 0 Å². The molecule has 1 unspecified atom stereocenters. The van der Waals surface area contributed by atoms with Crippen molar-refractivity contribution in [3.63, 3.8) is 0 Å². The van der Waals surface area contributed by atoms with Crippen LogP contribution in [0.2, 0.25) is 0 Å². The highest BCUT2D eigenvalue weighted by molar-refractivity contribution is 5.76. The van der Waals surface area contributed by atoms with Gasteiger partial charge in [0.2, 0.25) is 0 Å². The lowest BCUT2D eigenvalue weighted by molar-refractivity contribution is -0.138. The molecule has 1 aromatic carbocycles. The molecule has 3 nitrogen and oxygen atoms in total. The summed E-state index contributed by atoms with van der Waals surface area (Å²) in [6.07, 6.45) is 0.365. The Morgan fingerprint density at radius 1 is 1.60 bits per heavy atom. The highest BCUT2D eigenvalue weighted by Gasteiger charge is 2.18. The number of nitriles is 1. The maximum atomic E-state index is 13.0. The van der Waals surface area contributed by atoms with Crippen molar-refractivity contribution >= 4 is 5.97 Å². The maximum Gasteiger partial charge on any atom is 0.310 e. The molecule has 0 heterocycles. The van der Waals surface area contributed by atoms with E-state index in [0.29, 0.717) is 12.0 Å². The summed E-state index contributed by atoms with van der Waals surface area (Å²) in [7, 11) is 0. The summed E-state index contributed by atoms with van der Waals surface area (Å²) in [4.78, 5) is 10.8. The van der Waals surface area contributed by atoms with E-state index in [1.165, 1.54) is 6.07 Å². The van der Waals surface area contributed by atoms with Gasteiger partial charge in [-0.25, -0.2) is 4.39 Å². The molecule has 0 saturated carbocycles. The van der Waals surface area contributed by atoms with Crippen molar-refractivity contribution in [1.29, 1.82) is 5.26 Å². The second-order valence-corrected chi connectivity index (χ2v) is 3.18. The molecular weight excluding hydrogens is 197 g/mol. The Balaban J connectivity index is 3.19. The number of halogens is 1. The van der Waals surface area contributed by atoms with Gasteiger partial charge in [0.1, 0.15) is 5.82 Å². The lowest BCUT2D eigenvalue weighted by Crippen LogP contribution is -2.10. The number of carboxylic acids is 1. The predicted octanol–water partition coefficient (Wildman–Crippen LogP) is 2.28. The van der Waals surface area contributed by atoms with Crippen LogP contribution in [0.4, 0.5) is 4.39 Å². The van der Waals surface area contributed by atoms with Crippen LogP contribution in [0.25, 0.3) is 0 Å². The minimum Gasteiger partial charge on any atom is -0.481 e. The third kappa shape index (κ3) is 2.53. The van der Waals surface area contributed by atoms with Gasteiger partial charge in [0.15, 0.2) is 0 Å². The third-order valence-electron chi connectivity index (χ3n) is 2.16. The zero-order valence-electron chi connectivity index (χ0n) is 8.20. The van der Waals surface area contributed by atoms with Gasteiger partial charge in [0, 0.05) is 0 Å². The number of hydrogen-bond donors (Lipinski definition) is 1. The first kappa shape index (κ1) is 11.2. The van der Waals surface area contributed by atoms with Crippen LogP contribution < -0.4 is 0 Å². The Hall–Kier alpha value is -1.89. The Morgan fingerprint density at radius 3 is 2.73 bits per heavy atom. The number of carboxylic acid groups (broad SMARTS) is 1. The van der Waals surface area contributed by atoms with E-state index < -0.39 is 17.7 Å². The number of hydrogen-bond acceptors (Lipinski definition) is 2. The molecule has 1 N–H and O–H groups in total. The largest absolute Gasteiger partial charge is 0.481 e. The molecule has 1 aromatic rings. The van der Waals surface area contributed by atoms with Gasteiger partial charge >= 0.3 is 5.97 Å². The Labute approximate surface area is 86.8 Å². The number of benzene rings is 1. The van der Waals surface area contributed by atoms with Crippen LogP contribution in [0.15, 0.2) is 18.2 Å². The van der Waals surface area contributed by atoms with Crippen molar-refractivity contribution in [2.45, 2.75) is 19.3 Å². The maximum absolute atomic E-state index is 13.0. The molecule has 1 rings (SSSR count). The summed E-state index contributed by atoms with van der Waals surface area (Å²) in [5.74, 6) is -2.34.